The third-order valence-corrected chi connectivity index (χ3v) is 6.18. The highest BCUT2D eigenvalue weighted by Gasteiger charge is 2.38. The minimum absolute atomic E-state index is 0.0198. The van der Waals surface area contributed by atoms with Gasteiger partial charge in [-0.2, -0.15) is 0 Å². The molecule has 252 valence electrons. The lowest BCUT2D eigenvalue weighted by Gasteiger charge is -2.34. The first-order valence-electron chi connectivity index (χ1n) is 15.0. The topological polar surface area (TPSA) is 167 Å². The summed E-state index contributed by atoms with van der Waals surface area (Å²) in [5, 5.41) is 0. The molecule has 1 unspecified atom stereocenters. The highest BCUT2D eigenvalue weighted by atomic mass is 16.7. The Morgan fingerprint density at radius 2 is 0.911 bits per heavy atom. The number of carbonyl (C=O) groups is 6. The number of ether oxygens (including phenoxy) is 7. The maximum atomic E-state index is 12.6. The molecule has 1 saturated heterocycles. The van der Waals surface area contributed by atoms with Crippen LogP contribution in [0.25, 0.3) is 0 Å². The standard InChI is InChI=1S/C32H46O13/c1-21(2)30(36)39-16-10-7-13-26(33)43-24-19-29(45-28(35)15-9-12-18-41-32(38)23(5)6)42-20-25(24)44-27(34)14-8-11-17-40-31(37)22(3)4/h24-25,29H,1,3,5,7-20H2,2,4,6H3/t24-,25+,29?/m0/s1. The molecule has 13 nitrogen and oxygen atoms in total. The summed E-state index contributed by atoms with van der Waals surface area (Å²) in [5.74, 6) is -3.19. The molecule has 0 saturated carbocycles. The zero-order valence-corrected chi connectivity index (χ0v) is 26.6. The molecule has 1 heterocycles. The smallest absolute Gasteiger partial charge is 0.333 e. The van der Waals surface area contributed by atoms with Gasteiger partial charge in [0, 0.05) is 36.0 Å². The molecule has 13 heteroatoms. The van der Waals surface area contributed by atoms with Gasteiger partial charge in [0.25, 0.3) is 0 Å². The summed E-state index contributed by atoms with van der Waals surface area (Å²) >= 11 is 0. The van der Waals surface area contributed by atoms with E-state index in [1.165, 1.54) is 20.8 Å². The second-order valence-electron chi connectivity index (χ2n) is 10.7. The van der Waals surface area contributed by atoms with Crippen LogP contribution in [0.1, 0.15) is 85.0 Å². The SMILES string of the molecule is C=C(C)C(=O)OCCCCC(=O)OC1C[C@H](OC(=O)CCCCOC(=O)C(=C)C)[C@H](OC(=O)CCCCOC(=O)C(=C)C)CO1. The summed E-state index contributed by atoms with van der Waals surface area (Å²) in [7, 11) is 0. The van der Waals surface area contributed by atoms with Crippen molar-refractivity contribution in [1.29, 1.82) is 0 Å². The van der Waals surface area contributed by atoms with Crippen LogP contribution in [0.5, 0.6) is 0 Å². The average Bonchev–Trinajstić information content (AvgIpc) is 2.97. The van der Waals surface area contributed by atoms with Crippen molar-refractivity contribution in [2.24, 2.45) is 0 Å². The minimum Gasteiger partial charge on any atom is -0.462 e. The maximum absolute atomic E-state index is 12.6. The molecule has 45 heavy (non-hydrogen) atoms. The first-order chi connectivity index (χ1) is 21.3. The van der Waals surface area contributed by atoms with Crippen molar-refractivity contribution in [2.75, 3.05) is 26.4 Å². The van der Waals surface area contributed by atoms with E-state index in [2.05, 4.69) is 19.7 Å². The van der Waals surface area contributed by atoms with Gasteiger partial charge in [-0.05, 0) is 59.3 Å². The number of hydrogen-bond acceptors (Lipinski definition) is 13. The first-order valence-corrected chi connectivity index (χ1v) is 15.0. The Labute approximate surface area is 264 Å². The van der Waals surface area contributed by atoms with Gasteiger partial charge in [0.15, 0.2) is 6.10 Å². The third-order valence-electron chi connectivity index (χ3n) is 6.18. The molecule has 0 spiro atoms. The summed E-state index contributed by atoms with van der Waals surface area (Å²) in [6.07, 6.45) is -0.378. The number of esters is 6. The number of carbonyl (C=O) groups excluding carboxylic acids is 6. The highest BCUT2D eigenvalue weighted by molar-refractivity contribution is 5.87. The van der Waals surface area contributed by atoms with Crippen LogP contribution < -0.4 is 0 Å². The second-order valence-corrected chi connectivity index (χ2v) is 10.7. The summed E-state index contributed by atoms with van der Waals surface area (Å²) < 4.78 is 37.1. The molecule has 0 aromatic carbocycles. The van der Waals surface area contributed by atoms with Crippen LogP contribution >= 0.6 is 0 Å². The summed E-state index contributed by atoms with van der Waals surface area (Å²) in [6, 6.07) is 0. The van der Waals surface area contributed by atoms with Crippen molar-refractivity contribution in [3.05, 3.63) is 36.5 Å². The van der Waals surface area contributed by atoms with Gasteiger partial charge in [-0.15, -0.1) is 0 Å². The van der Waals surface area contributed by atoms with Crippen molar-refractivity contribution in [1.82, 2.24) is 0 Å². The van der Waals surface area contributed by atoms with Gasteiger partial charge in [0.2, 0.25) is 6.29 Å². The van der Waals surface area contributed by atoms with Gasteiger partial charge >= 0.3 is 35.8 Å². The molecule has 0 bridgehead atoms. The average molecular weight is 639 g/mol. The Morgan fingerprint density at radius 1 is 0.556 bits per heavy atom. The molecule has 0 aromatic heterocycles. The molecule has 0 amide bonds. The van der Waals surface area contributed by atoms with E-state index in [9.17, 15) is 28.8 Å². The summed E-state index contributed by atoms with van der Waals surface area (Å²) in [6.45, 7) is 15.3. The Kier molecular flexibility index (Phi) is 18.8. The normalized spacial score (nSPS) is 17.3. The molecule has 0 N–H and O–H groups in total. The van der Waals surface area contributed by atoms with E-state index in [1.807, 2.05) is 0 Å². The van der Waals surface area contributed by atoms with E-state index >= 15 is 0 Å². The quantitative estimate of drug-likeness (QED) is 0.0767. The lowest BCUT2D eigenvalue weighted by Crippen LogP contribution is -2.47. The first kappa shape index (κ1) is 39.0. The maximum Gasteiger partial charge on any atom is 0.333 e. The molecule has 0 radical (unpaired) electrons. The fourth-order valence-electron chi connectivity index (χ4n) is 3.67. The van der Waals surface area contributed by atoms with Crippen LogP contribution in [0.15, 0.2) is 36.5 Å². The van der Waals surface area contributed by atoms with Crippen molar-refractivity contribution in [3.8, 4) is 0 Å². The Bertz CT molecular complexity index is 1080. The highest BCUT2D eigenvalue weighted by Crippen LogP contribution is 2.23. The van der Waals surface area contributed by atoms with E-state index in [1.54, 1.807) is 0 Å². The third kappa shape index (κ3) is 17.8. The summed E-state index contributed by atoms with van der Waals surface area (Å²) in [4.78, 5) is 71.8. The van der Waals surface area contributed by atoms with Crippen molar-refractivity contribution < 1.29 is 61.9 Å². The van der Waals surface area contributed by atoms with E-state index in [0.29, 0.717) is 38.5 Å². The van der Waals surface area contributed by atoms with Crippen molar-refractivity contribution in [3.63, 3.8) is 0 Å². The Morgan fingerprint density at radius 3 is 1.29 bits per heavy atom. The second kappa shape index (κ2) is 21.7. The van der Waals surface area contributed by atoms with Crippen LogP contribution in [0.4, 0.5) is 0 Å². The lowest BCUT2D eigenvalue weighted by atomic mass is 10.1. The van der Waals surface area contributed by atoms with E-state index in [0.717, 1.165) is 0 Å². The predicted octanol–water partition coefficient (Wildman–Crippen LogP) is 3.97. The van der Waals surface area contributed by atoms with E-state index < -0.39 is 54.3 Å². The van der Waals surface area contributed by atoms with E-state index in [-0.39, 0.29) is 68.8 Å². The predicted molar refractivity (Wildman–Crippen MR) is 159 cm³/mol. The van der Waals surface area contributed by atoms with Crippen LogP contribution in [-0.2, 0) is 61.9 Å². The van der Waals surface area contributed by atoms with Crippen molar-refractivity contribution in [2.45, 2.75) is 103 Å². The largest absolute Gasteiger partial charge is 0.462 e. The van der Waals surface area contributed by atoms with E-state index in [4.69, 9.17) is 33.2 Å². The lowest BCUT2D eigenvalue weighted by molar-refractivity contribution is -0.230. The molecular weight excluding hydrogens is 592 g/mol. The molecule has 0 aromatic rings. The molecule has 1 fully saturated rings. The van der Waals surface area contributed by atoms with Gasteiger partial charge in [-0.1, -0.05) is 19.7 Å². The Hall–Kier alpha value is -4.00. The van der Waals surface area contributed by atoms with Gasteiger partial charge in [-0.3, -0.25) is 14.4 Å². The van der Waals surface area contributed by atoms with Crippen LogP contribution in [0, 0.1) is 0 Å². The number of unbranched alkanes of at least 4 members (excludes halogenated alkanes) is 3. The molecule has 1 rings (SSSR count). The molecule has 0 aliphatic carbocycles. The zero-order valence-electron chi connectivity index (χ0n) is 26.6. The number of hydrogen-bond donors (Lipinski definition) is 0. The van der Waals surface area contributed by atoms with Crippen LogP contribution in [0.2, 0.25) is 0 Å². The monoisotopic (exact) mass is 638 g/mol. The summed E-state index contributed by atoms with van der Waals surface area (Å²) in [5.41, 5.74) is 0.845. The van der Waals surface area contributed by atoms with Crippen molar-refractivity contribution >= 4 is 35.8 Å². The Balaban J connectivity index is 2.60. The fraction of sp³-hybridized carbons (Fsp3) is 0.625. The molecule has 3 atom stereocenters. The van der Waals surface area contributed by atoms with Gasteiger partial charge in [0.05, 0.1) is 32.8 Å². The number of rotatable bonds is 21. The minimum atomic E-state index is -1.03. The zero-order chi connectivity index (χ0) is 33.8. The van der Waals surface area contributed by atoms with Gasteiger partial charge < -0.3 is 33.2 Å². The molecular formula is C32H46O13. The molecule has 1 aliphatic heterocycles. The van der Waals surface area contributed by atoms with Gasteiger partial charge in [-0.25, -0.2) is 14.4 Å². The fourth-order valence-corrected chi connectivity index (χ4v) is 3.67. The van der Waals surface area contributed by atoms with Crippen LogP contribution in [0.3, 0.4) is 0 Å². The van der Waals surface area contributed by atoms with Gasteiger partial charge in [0.1, 0.15) is 6.10 Å². The van der Waals surface area contributed by atoms with Crippen LogP contribution in [-0.4, -0.2) is 80.7 Å². The molecule has 1 aliphatic rings.